The van der Waals surface area contributed by atoms with Gasteiger partial charge in [-0.3, -0.25) is 4.79 Å². The highest BCUT2D eigenvalue weighted by molar-refractivity contribution is 5.76. The van der Waals surface area contributed by atoms with Gasteiger partial charge in [-0.05, 0) is 39.2 Å². The van der Waals surface area contributed by atoms with Crippen molar-refractivity contribution >= 4 is 5.78 Å². The zero-order valence-electron chi connectivity index (χ0n) is 14.5. The summed E-state index contributed by atoms with van der Waals surface area (Å²) >= 11 is 0. The molecule has 0 amide bonds. The standard InChI is InChI=1S/C20H28O/c1-8-14-19(4,5)20(6,7)15-12-10-9-11-13-17(2)16-18(3)21/h9-10,12,15,17H,16H2,1-7H3/b10-9+,15-12+/t17-/m1/s1. The zero-order chi connectivity index (χ0) is 16.5. The Morgan fingerprint density at radius 2 is 1.81 bits per heavy atom. The van der Waals surface area contributed by atoms with Crippen molar-refractivity contribution in [3.05, 3.63) is 24.3 Å². The highest BCUT2D eigenvalue weighted by atomic mass is 16.1. The van der Waals surface area contributed by atoms with Gasteiger partial charge >= 0.3 is 0 Å². The summed E-state index contributed by atoms with van der Waals surface area (Å²) in [5.74, 6) is 12.6. The van der Waals surface area contributed by atoms with Crippen molar-refractivity contribution in [3.63, 3.8) is 0 Å². The second-order valence-electron chi connectivity index (χ2n) is 6.54. The topological polar surface area (TPSA) is 17.1 Å². The van der Waals surface area contributed by atoms with Gasteiger partial charge in [0.2, 0.25) is 0 Å². The number of ketones is 1. The third-order valence-corrected chi connectivity index (χ3v) is 3.78. The van der Waals surface area contributed by atoms with Crippen molar-refractivity contribution in [2.45, 2.75) is 54.9 Å². The fourth-order valence-corrected chi connectivity index (χ4v) is 1.75. The van der Waals surface area contributed by atoms with E-state index in [4.69, 9.17) is 0 Å². The van der Waals surface area contributed by atoms with Crippen LogP contribution in [0, 0.1) is 40.4 Å². The minimum Gasteiger partial charge on any atom is -0.300 e. The molecule has 0 aliphatic carbocycles. The van der Waals surface area contributed by atoms with Crippen LogP contribution in [0.5, 0.6) is 0 Å². The van der Waals surface area contributed by atoms with Crippen molar-refractivity contribution in [3.8, 4) is 23.7 Å². The van der Waals surface area contributed by atoms with Crippen LogP contribution in [0.15, 0.2) is 24.3 Å². The van der Waals surface area contributed by atoms with Gasteiger partial charge in [-0.2, -0.15) is 0 Å². The molecule has 0 heterocycles. The summed E-state index contributed by atoms with van der Waals surface area (Å²) in [4.78, 5) is 10.9. The van der Waals surface area contributed by atoms with Crippen LogP contribution >= 0.6 is 0 Å². The zero-order valence-corrected chi connectivity index (χ0v) is 14.5. The van der Waals surface area contributed by atoms with Gasteiger partial charge < -0.3 is 0 Å². The number of allylic oxidation sites excluding steroid dienone is 4. The summed E-state index contributed by atoms with van der Waals surface area (Å²) in [6.07, 6.45) is 8.46. The smallest absolute Gasteiger partial charge is 0.131 e. The van der Waals surface area contributed by atoms with Gasteiger partial charge in [0.15, 0.2) is 0 Å². The van der Waals surface area contributed by atoms with Gasteiger partial charge in [-0.1, -0.05) is 56.8 Å². The summed E-state index contributed by atoms with van der Waals surface area (Å²) in [7, 11) is 0. The van der Waals surface area contributed by atoms with Gasteiger partial charge in [0.25, 0.3) is 0 Å². The van der Waals surface area contributed by atoms with E-state index >= 15 is 0 Å². The van der Waals surface area contributed by atoms with Crippen molar-refractivity contribution in [2.75, 3.05) is 0 Å². The molecule has 1 nitrogen and oxygen atoms in total. The number of hydrogen-bond donors (Lipinski definition) is 0. The third-order valence-electron chi connectivity index (χ3n) is 3.78. The molecule has 21 heavy (non-hydrogen) atoms. The average molecular weight is 284 g/mol. The molecule has 0 N–H and O–H groups in total. The Morgan fingerprint density at radius 1 is 1.19 bits per heavy atom. The molecule has 0 aromatic rings. The average Bonchev–Trinajstić information content (AvgIpc) is 2.32. The van der Waals surface area contributed by atoms with Gasteiger partial charge in [0, 0.05) is 17.8 Å². The predicted octanol–water partition coefficient (Wildman–Crippen LogP) is 4.79. The molecule has 0 saturated heterocycles. The van der Waals surface area contributed by atoms with Crippen LogP contribution in [0.2, 0.25) is 0 Å². The highest BCUT2D eigenvalue weighted by Crippen LogP contribution is 2.39. The Morgan fingerprint density at radius 3 is 2.33 bits per heavy atom. The highest BCUT2D eigenvalue weighted by Gasteiger charge is 2.32. The van der Waals surface area contributed by atoms with Crippen LogP contribution in [-0.2, 0) is 4.79 Å². The van der Waals surface area contributed by atoms with E-state index in [0.29, 0.717) is 6.42 Å². The minimum absolute atomic E-state index is 0.0182. The quantitative estimate of drug-likeness (QED) is 0.524. The molecule has 0 aliphatic rings. The summed E-state index contributed by atoms with van der Waals surface area (Å²) in [5, 5.41) is 0. The van der Waals surface area contributed by atoms with Crippen LogP contribution in [0.3, 0.4) is 0 Å². The first-order chi connectivity index (χ1) is 9.62. The maximum atomic E-state index is 10.9. The second kappa shape index (κ2) is 8.53. The first kappa shape index (κ1) is 19.3. The predicted molar refractivity (Wildman–Crippen MR) is 91.5 cm³/mol. The van der Waals surface area contributed by atoms with Crippen molar-refractivity contribution in [2.24, 2.45) is 16.7 Å². The number of rotatable bonds is 5. The monoisotopic (exact) mass is 284 g/mol. The molecule has 1 heteroatoms. The van der Waals surface area contributed by atoms with Crippen molar-refractivity contribution in [1.29, 1.82) is 0 Å². The summed E-state index contributed by atoms with van der Waals surface area (Å²) in [6, 6.07) is 0. The lowest BCUT2D eigenvalue weighted by Crippen LogP contribution is -2.29. The van der Waals surface area contributed by atoms with Crippen molar-refractivity contribution < 1.29 is 4.79 Å². The Balaban J connectivity index is 4.64. The maximum absolute atomic E-state index is 10.9. The Hall–Kier alpha value is -1.73. The van der Waals surface area contributed by atoms with E-state index in [1.165, 1.54) is 0 Å². The molecular weight excluding hydrogens is 256 g/mol. The fourth-order valence-electron chi connectivity index (χ4n) is 1.75. The van der Waals surface area contributed by atoms with Crippen molar-refractivity contribution in [1.82, 2.24) is 0 Å². The normalized spacial score (nSPS) is 13.5. The van der Waals surface area contributed by atoms with Gasteiger partial charge in [-0.25, -0.2) is 0 Å². The van der Waals surface area contributed by atoms with Gasteiger partial charge in [-0.15, -0.1) is 5.92 Å². The van der Waals surface area contributed by atoms with Crippen LogP contribution in [0.25, 0.3) is 0 Å². The number of Topliss-reactive ketones (excluding diaryl/α,β-unsaturated/α-hetero) is 1. The number of carbonyl (C=O) groups excluding carboxylic acids is 1. The first-order valence-corrected chi connectivity index (χ1v) is 7.41. The number of hydrogen-bond acceptors (Lipinski definition) is 1. The van der Waals surface area contributed by atoms with E-state index in [1.807, 2.05) is 32.1 Å². The molecule has 0 saturated carbocycles. The van der Waals surface area contributed by atoms with E-state index in [0.717, 1.165) is 0 Å². The molecule has 0 aromatic heterocycles. The summed E-state index contributed by atoms with van der Waals surface area (Å²) in [5.41, 5.74) is -0.0938. The summed E-state index contributed by atoms with van der Waals surface area (Å²) in [6.45, 7) is 14.1. The molecule has 0 rings (SSSR count). The molecule has 0 unspecified atom stereocenters. The second-order valence-corrected chi connectivity index (χ2v) is 6.54. The van der Waals surface area contributed by atoms with E-state index in [2.05, 4.69) is 57.5 Å². The largest absolute Gasteiger partial charge is 0.300 e. The van der Waals surface area contributed by atoms with E-state index in [-0.39, 0.29) is 22.5 Å². The Kier molecular flexibility index (Phi) is 7.83. The molecule has 0 aromatic carbocycles. The minimum atomic E-state index is -0.0756. The molecule has 0 fully saturated rings. The molecule has 0 bridgehead atoms. The molecular formula is C20H28O. The molecule has 0 aliphatic heterocycles. The molecule has 1 atom stereocenters. The van der Waals surface area contributed by atoms with Gasteiger partial charge in [0.05, 0.1) is 0 Å². The lowest BCUT2D eigenvalue weighted by molar-refractivity contribution is -0.117. The van der Waals surface area contributed by atoms with E-state index < -0.39 is 0 Å². The van der Waals surface area contributed by atoms with E-state index in [1.54, 1.807) is 6.92 Å². The Bertz CT molecular complexity index is 522. The first-order valence-electron chi connectivity index (χ1n) is 7.41. The summed E-state index contributed by atoms with van der Waals surface area (Å²) < 4.78 is 0. The van der Waals surface area contributed by atoms with E-state index in [9.17, 15) is 4.79 Å². The molecule has 0 radical (unpaired) electrons. The maximum Gasteiger partial charge on any atom is 0.131 e. The number of carbonyl (C=O) groups is 1. The van der Waals surface area contributed by atoms with Crippen LogP contribution in [0.1, 0.15) is 54.9 Å². The third kappa shape index (κ3) is 7.57. The lowest BCUT2D eigenvalue weighted by Gasteiger charge is -2.35. The molecule has 114 valence electrons. The van der Waals surface area contributed by atoms with Gasteiger partial charge in [0.1, 0.15) is 5.78 Å². The fraction of sp³-hybridized carbons (Fsp3) is 0.550. The van der Waals surface area contributed by atoms with Crippen LogP contribution in [-0.4, -0.2) is 5.78 Å². The van der Waals surface area contributed by atoms with Crippen LogP contribution < -0.4 is 0 Å². The molecule has 0 spiro atoms. The van der Waals surface area contributed by atoms with Crippen LogP contribution in [0.4, 0.5) is 0 Å². The Labute approximate surface area is 130 Å². The lowest BCUT2D eigenvalue weighted by atomic mass is 9.68. The SMILES string of the molecule is CC#CC(C)(C)C(C)(C)/C=C/C=C/C#C[C@@H](C)CC(C)=O.